The number of sulfonamides is 1. The number of fused-ring (bicyclic) bond motifs is 2. The Bertz CT molecular complexity index is 1410. The van der Waals surface area contributed by atoms with Gasteiger partial charge in [-0.25, -0.2) is 12.8 Å². The van der Waals surface area contributed by atoms with E-state index in [1.54, 1.807) is 19.1 Å². The molecule has 0 bridgehead atoms. The number of carbonyl (C=O) groups excluding carboxylic acids is 2. The van der Waals surface area contributed by atoms with Crippen molar-refractivity contribution >= 4 is 38.5 Å². The fraction of sp³-hybridized carbons (Fsp3) is 0.250. The lowest BCUT2D eigenvalue weighted by atomic mass is 9.99. The number of rotatable bonds is 4. The number of nitrogens with zero attached hydrogens (tertiary/aromatic N) is 2. The maximum Gasteiger partial charge on any atom is 0.255 e. The number of hydrogen-bond acceptors (Lipinski definition) is 5. The minimum atomic E-state index is -3.68. The highest BCUT2D eigenvalue weighted by Crippen LogP contribution is 2.42. The van der Waals surface area contributed by atoms with E-state index in [-0.39, 0.29) is 30.3 Å². The van der Waals surface area contributed by atoms with Gasteiger partial charge in [-0.2, -0.15) is 0 Å². The van der Waals surface area contributed by atoms with E-state index in [0.717, 1.165) is 6.26 Å². The molecular formula is C24H24FN3O5S. The van der Waals surface area contributed by atoms with Crippen LogP contribution in [0.5, 0.6) is 0 Å². The molecule has 0 fully saturated rings. The third-order valence-electron chi connectivity index (χ3n) is 5.99. The highest BCUT2D eigenvalue weighted by molar-refractivity contribution is 7.92. The molecule has 1 aliphatic heterocycles. The lowest BCUT2D eigenvalue weighted by Crippen LogP contribution is -2.37. The normalized spacial score (nSPS) is 16.2. The molecule has 4 rings (SSSR count). The van der Waals surface area contributed by atoms with Crippen molar-refractivity contribution in [2.75, 3.05) is 30.7 Å². The van der Waals surface area contributed by atoms with E-state index in [1.165, 1.54) is 46.6 Å². The number of furan rings is 1. The smallest absolute Gasteiger partial charge is 0.255 e. The zero-order valence-corrected chi connectivity index (χ0v) is 19.8. The Kier molecular flexibility index (Phi) is 5.94. The van der Waals surface area contributed by atoms with Crippen LogP contribution in [0.1, 0.15) is 28.9 Å². The molecule has 8 nitrogen and oxygen atoms in total. The van der Waals surface area contributed by atoms with Crippen molar-refractivity contribution in [3.8, 4) is 11.3 Å². The molecular weight excluding hydrogens is 461 g/mol. The van der Waals surface area contributed by atoms with Crippen LogP contribution in [-0.4, -0.2) is 51.5 Å². The Hall–Kier alpha value is -3.66. The van der Waals surface area contributed by atoms with E-state index in [2.05, 4.69) is 11.9 Å². The first-order valence-corrected chi connectivity index (χ1v) is 12.4. The molecule has 3 aromatic rings. The first kappa shape index (κ1) is 23.5. The molecule has 2 amide bonds. The summed E-state index contributed by atoms with van der Waals surface area (Å²) in [6.07, 6.45) is 2.28. The fourth-order valence-corrected chi connectivity index (χ4v) is 5.23. The Labute approximate surface area is 196 Å². The van der Waals surface area contributed by atoms with Crippen LogP contribution < -0.4 is 9.62 Å². The van der Waals surface area contributed by atoms with Crippen molar-refractivity contribution in [1.82, 2.24) is 10.2 Å². The molecule has 10 heteroatoms. The fourth-order valence-electron chi connectivity index (χ4n) is 4.30. The molecule has 0 unspecified atom stereocenters. The predicted molar refractivity (Wildman–Crippen MR) is 128 cm³/mol. The second kappa shape index (κ2) is 8.60. The van der Waals surface area contributed by atoms with Crippen molar-refractivity contribution < 1.29 is 26.8 Å². The molecule has 0 saturated heterocycles. The van der Waals surface area contributed by atoms with E-state index < -0.39 is 27.8 Å². The number of anilines is 1. The number of halogens is 1. The second-order valence-corrected chi connectivity index (χ2v) is 9.95. The zero-order valence-electron chi connectivity index (χ0n) is 19.0. The summed E-state index contributed by atoms with van der Waals surface area (Å²) >= 11 is 0. The lowest BCUT2D eigenvalue weighted by molar-refractivity contribution is -0.127. The summed E-state index contributed by atoms with van der Waals surface area (Å²) in [7, 11) is -2.20. The average molecular weight is 486 g/mol. The van der Waals surface area contributed by atoms with Crippen molar-refractivity contribution in [1.29, 1.82) is 0 Å². The topological polar surface area (TPSA) is 99.9 Å². The van der Waals surface area contributed by atoms with Crippen molar-refractivity contribution in [2.45, 2.75) is 13.0 Å². The number of carbonyl (C=O) groups is 2. The molecule has 1 N–H and O–H groups in total. The average Bonchev–Trinajstić information content (AvgIpc) is 3.10. The van der Waals surface area contributed by atoms with E-state index in [1.807, 2.05) is 0 Å². The van der Waals surface area contributed by atoms with Crippen molar-refractivity contribution in [2.24, 2.45) is 0 Å². The van der Waals surface area contributed by atoms with Crippen molar-refractivity contribution in [3.63, 3.8) is 0 Å². The Morgan fingerprint density at radius 3 is 2.47 bits per heavy atom. The summed E-state index contributed by atoms with van der Waals surface area (Å²) in [6.45, 7) is 5.55. The van der Waals surface area contributed by atoms with E-state index in [0.29, 0.717) is 27.8 Å². The Morgan fingerprint density at radius 1 is 1.21 bits per heavy atom. The molecule has 2 aromatic carbocycles. The van der Waals surface area contributed by atoms with Crippen LogP contribution in [0, 0.1) is 5.82 Å². The number of amides is 2. The minimum absolute atomic E-state index is 0.0507. The zero-order chi connectivity index (χ0) is 24.8. The highest BCUT2D eigenvalue weighted by Gasteiger charge is 2.33. The first-order valence-electron chi connectivity index (χ1n) is 10.6. The van der Waals surface area contributed by atoms with Gasteiger partial charge in [0.15, 0.2) is 0 Å². The second-order valence-electron chi connectivity index (χ2n) is 8.05. The van der Waals surface area contributed by atoms with Gasteiger partial charge in [0.2, 0.25) is 15.9 Å². The molecule has 1 aromatic heterocycles. The largest absolute Gasteiger partial charge is 0.455 e. The van der Waals surface area contributed by atoms with Gasteiger partial charge in [-0.05, 0) is 48.9 Å². The number of nitrogens with one attached hydrogen (secondary N) is 1. The van der Waals surface area contributed by atoms with Crippen LogP contribution in [0.15, 0.2) is 53.5 Å². The molecule has 0 spiro atoms. The standard InChI is InChI=1S/C24H24FN3O5S/c1-5-21(29)27-10-11-28(34(4,31)32)19-13-20-18(12-17(19)14(27)2)22(24(30)26-3)23(33-20)15-6-8-16(25)9-7-15/h5-9,12-14H,1,10-11H2,2-4H3,(H,26,30)/t14-/m0/s1. The molecule has 34 heavy (non-hydrogen) atoms. The van der Waals surface area contributed by atoms with Gasteiger partial charge >= 0.3 is 0 Å². The van der Waals surface area contributed by atoms with Gasteiger partial charge in [0.1, 0.15) is 17.2 Å². The summed E-state index contributed by atoms with van der Waals surface area (Å²) in [5.74, 6) is -0.956. The monoisotopic (exact) mass is 485 g/mol. The van der Waals surface area contributed by atoms with Crippen LogP contribution in [0.2, 0.25) is 0 Å². The van der Waals surface area contributed by atoms with Gasteiger partial charge in [-0.3, -0.25) is 13.9 Å². The number of benzene rings is 2. The minimum Gasteiger partial charge on any atom is -0.455 e. The van der Waals surface area contributed by atoms with E-state index in [4.69, 9.17) is 4.42 Å². The Morgan fingerprint density at radius 2 is 1.88 bits per heavy atom. The summed E-state index contributed by atoms with van der Waals surface area (Å²) in [5.41, 5.74) is 1.92. The van der Waals surface area contributed by atoms with Crippen LogP contribution in [-0.2, 0) is 14.8 Å². The van der Waals surface area contributed by atoms with Crippen LogP contribution in [0.3, 0.4) is 0 Å². The quantitative estimate of drug-likeness (QED) is 0.571. The van der Waals surface area contributed by atoms with Gasteiger partial charge in [0, 0.05) is 30.6 Å². The maximum atomic E-state index is 13.5. The summed E-state index contributed by atoms with van der Waals surface area (Å²) in [4.78, 5) is 26.9. The van der Waals surface area contributed by atoms with Crippen LogP contribution in [0.4, 0.5) is 10.1 Å². The molecule has 1 atom stereocenters. The third-order valence-corrected chi connectivity index (χ3v) is 7.17. The predicted octanol–water partition coefficient (Wildman–Crippen LogP) is 3.45. The van der Waals surface area contributed by atoms with Crippen LogP contribution >= 0.6 is 0 Å². The van der Waals surface area contributed by atoms with Crippen LogP contribution in [0.25, 0.3) is 22.3 Å². The molecule has 178 valence electrons. The summed E-state index contributed by atoms with van der Waals surface area (Å²) in [6, 6.07) is 8.28. The third kappa shape index (κ3) is 3.94. The maximum absolute atomic E-state index is 13.5. The number of hydrogen-bond donors (Lipinski definition) is 1. The highest BCUT2D eigenvalue weighted by atomic mass is 32.2. The molecule has 1 aliphatic rings. The summed E-state index contributed by atoms with van der Waals surface area (Å²) < 4.78 is 46.1. The molecule has 2 heterocycles. The summed E-state index contributed by atoms with van der Waals surface area (Å²) in [5, 5.41) is 3.05. The molecule has 0 aliphatic carbocycles. The van der Waals surface area contributed by atoms with Gasteiger partial charge in [0.25, 0.3) is 5.91 Å². The Balaban J connectivity index is 2.04. The first-order chi connectivity index (χ1) is 16.1. The van der Waals surface area contributed by atoms with Gasteiger partial charge in [-0.15, -0.1) is 0 Å². The van der Waals surface area contributed by atoms with Gasteiger partial charge in [0.05, 0.1) is 30.1 Å². The molecule has 0 saturated carbocycles. The molecule has 0 radical (unpaired) electrons. The van der Waals surface area contributed by atoms with E-state index in [9.17, 15) is 22.4 Å². The SMILES string of the molecule is C=CC(=O)N1CCN(S(C)(=O)=O)c2cc3oc(-c4ccc(F)cc4)c(C(=O)NC)c3cc2[C@@H]1C. The van der Waals surface area contributed by atoms with Gasteiger partial charge < -0.3 is 14.6 Å². The van der Waals surface area contributed by atoms with Crippen molar-refractivity contribution in [3.05, 3.63) is 66.0 Å². The van der Waals surface area contributed by atoms with Gasteiger partial charge in [-0.1, -0.05) is 6.58 Å². The van der Waals surface area contributed by atoms with E-state index >= 15 is 0 Å². The lowest BCUT2D eigenvalue weighted by Gasteiger charge is -2.26.